The quantitative estimate of drug-likeness (QED) is 0.817. The van der Waals surface area contributed by atoms with E-state index in [-0.39, 0.29) is 11.7 Å². The Morgan fingerprint density at radius 1 is 1.43 bits per heavy atom. The van der Waals surface area contributed by atoms with Crippen molar-refractivity contribution < 1.29 is 9.90 Å². The maximum atomic E-state index is 10.7. The number of rotatable bonds is 6. The molecule has 21 heavy (non-hydrogen) atoms. The molecule has 0 spiro atoms. The fraction of sp³-hybridized carbons (Fsp3) is 0.538. The second kappa shape index (κ2) is 6.30. The van der Waals surface area contributed by atoms with E-state index in [1.54, 1.807) is 4.68 Å². The summed E-state index contributed by atoms with van der Waals surface area (Å²) in [5.41, 5.74) is 2.03. The number of aryl methyl sites for hydroxylation is 2. The van der Waals surface area contributed by atoms with Crippen LogP contribution in [-0.4, -0.2) is 41.4 Å². The minimum absolute atomic E-state index is 0.0255. The number of hydrogen-bond acceptors (Lipinski definition) is 5. The van der Waals surface area contributed by atoms with E-state index in [4.69, 9.17) is 5.11 Å². The van der Waals surface area contributed by atoms with E-state index in [2.05, 4.69) is 15.3 Å². The molecule has 8 heteroatoms. The summed E-state index contributed by atoms with van der Waals surface area (Å²) in [5.74, 6) is 0.181. The number of carbonyl (C=O) groups is 1. The topological polar surface area (TPSA) is 85.8 Å². The van der Waals surface area contributed by atoms with Crippen molar-refractivity contribution >= 4 is 17.7 Å². The molecule has 2 rings (SSSR count). The zero-order valence-electron chi connectivity index (χ0n) is 12.6. The third kappa shape index (κ3) is 3.63. The van der Waals surface area contributed by atoms with Crippen molar-refractivity contribution in [2.75, 3.05) is 5.75 Å². The van der Waals surface area contributed by atoms with Gasteiger partial charge in [-0.25, -0.2) is 0 Å². The number of carboxylic acids is 1. The number of hydrogen-bond donors (Lipinski definition) is 1. The predicted molar refractivity (Wildman–Crippen MR) is 79.5 cm³/mol. The molecule has 0 unspecified atom stereocenters. The van der Waals surface area contributed by atoms with Gasteiger partial charge in [0.2, 0.25) is 0 Å². The highest BCUT2D eigenvalue weighted by Gasteiger charge is 2.18. The van der Waals surface area contributed by atoms with Crippen LogP contribution in [-0.2, 0) is 18.4 Å². The second-order valence-electron chi connectivity index (χ2n) is 5.18. The van der Waals surface area contributed by atoms with Gasteiger partial charge in [0.1, 0.15) is 5.82 Å². The number of aliphatic carboxylic acids is 1. The van der Waals surface area contributed by atoms with Gasteiger partial charge in [-0.1, -0.05) is 25.6 Å². The van der Waals surface area contributed by atoms with Crippen molar-refractivity contribution in [1.29, 1.82) is 0 Å². The van der Waals surface area contributed by atoms with E-state index in [1.807, 2.05) is 38.6 Å². The summed E-state index contributed by atoms with van der Waals surface area (Å²) in [6.45, 7) is 6.64. The third-order valence-electron chi connectivity index (χ3n) is 3.03. The van der Waals surface area contributed by atoms with Crippen molar-refractivity contribution in [3.8, 4) is 0 Å². The molecule has 0 radical (unpaired) electrons. The molecule has 0 saturated carbocycles. The van der Waals surface area contributed by atoms with Crippen molar-refractivity contribution in [2.45, 2.75) is 38.4 Å². The van der Waals surface area contributed by atoms with Gasteiger partial charge in [-0.3, -0.25) is 9.48 Å². The summed E-state index contributed by atoms with van der Waals surface area (Å²) in [6.07, 6.45) is 1.96. The standard InChI is InChI=1S/C13H19N5O2S/c1-8(2)12-14-15-13(21-7-11(19)20)18(12)6-10-5-17(4)16-9(10)3/h5,8H,6-7H2,1-4H3,(H,19,20). The number of aromatic nitrogens is 5. The average molecular weight is 309 g/mol. The van der Waals surface area contributed by atoms with E-state index < -0.39 is 5.97 Å². The molecule has 0 fully saturated rings. The molecule has 0 amide bonds. The minimum Gasteiger partial charge on any atom is -0.481 e. The van der Waals surface area contributed by atoms with E-state index in [9.17, 15) is 4.79 Å². The predicted octanol–water partition coefficient (Wildman–Crippen LogP) is 1.67. The summed E-state index contributed by atoms with van der Waals surface area (Å²) in [6, 6.07) is 0. The summed E-state index contributed by atoms with van der Waals surface area (Å²) >= 11 is 1.19. The van der Waals surface area contributed by atoms with Crippen LogP contribution < -0.4 is 0 Å². The number of nitrogens with zero attached hydrogens (tertiary/aromatic N) is 5. The van der Waals surface area contributed by atoms with Crippen LogP contribution in [0.4, 0.5) is 0 Å². The molecule has 2 heterocycles. The van der Waals surface area contributed by atoms with Gasteiger partial charge in [0.05, 0.1) is 18.0 Å². The Morgan fingerprint density at radius 2 is 2.14 bits per heavy atom. The maximum Gasteiger partial charge on any atom is 0.313 e. The molecule has 0 bridgehead atoms. The Bertz CT molecular complexity index is 647. The lowest BCUT2D eigenvalue weighted by Crippen LogP contribution is -2.09. The van der Waals surface area contributed by atoms with E-state index in [0.717, 1.165) is 17.1 Å². The van der Waals surface area contributed by atoms with Crippen LogP contribution in [0.2, 0.25) is 0 Å². The lowest BCUT2D eigenvalue weighted by atomic mass is 10.2. The molecule has 7 nitrogen and oxygen atoms in total. The monoisotopic (exact) mass is 309 g/mol. The lowest BCUT2D eigenvalue weighted by molar-refractivity contribution is -0.133. The first-order valence-corrected chi connectivity index (χ1v) is 7.63. The second-order valence-corrected chi connectivity index (χ2v) is 6.12. The van der Waals surface area contributed by atoms with Crippen LogP contribution in [0.5, 0.6) is 0 Å². The molecule has 2 aromatic rings. The summed E-state index contributed by atoms with van der Waals surface area (Å²) < 4.78 is 3.75. The Kier molecular flexibility index (Phi) is 4.66. The highest BCUT2D eigenvalue weighted by atomic mass is 32.2. The van der Waals surface area contributed by atoms with E-state index in [1.165, 1.54) is 11.8 Å². The number of thioether (sulfide) groups is 1. The zero-order chi connectivity index (χ0) is 15.6. The molecular formula is C13H19N5O2S. The van der Waals surface area contributed by atoms with Crippen LogP contribution in [0.25, 0.3) is 0 Å². The van der Waals surface area contributed by atoms with Crippen LogP contribution >= 0.6 is 11.8 Å². The molecule has 0 aliphatic carbocycles. The van der Waals surface area contributed by atoms with Crippen molar-refractivity contribution in [1.82, 2.24) is 24.5 Å². The third-order valence-corrected chi connectivity index (χ3v) is 3.98. The minimum atomic E-state index is -0.863. The van der Waals surface area contributed by atoms with Crippen molar-refractivity contribution in [3.05, 3.63) is 23.3 Å². The summed E-state index contributed by atoms with van der Waals surface area (Å²) in [4.78, 5) is 10.7. The molecule has 0 aliphatic rings. The Morgan fingerprint density at radius 3 is 2.67 bits per heavy atom. The molecule has 0 saturated heterocycles. The molecular weight excluding hydrogens is 290 g/mol. The molecule has 1 N–H and O–H groups in total. The highest BCUT2D eigenvalue weighted by Crippen LogP contribution is 2.23. The Balaban J connectivity index is 2.32. The van der Waals surface area contributed by atoms with Crippen molar-refractivity contribution in [3.63, 3.8) is 0 Å². The molecule has 0 atom stereocenters. The largest absolute Gasteiger partial charge is 0.481 e. The van der Waals surface area contributed by atoms with Gasteiger partial charge in [0, 0.05) is 24.7 Å². The van der Waals surface area contributed by atoms with Gasteiger partial charge in [-0.2, -0.15) is 5.10 Å². The Hall–Kier alpha value is -1.83. The first-order chi connectivity index (χ1) is 9.88. The molecule has 0 aromatic carbocycles. The van der Waals surface area contributed by atoms with Gasteiger partial charge < -0.3 is 9.67 Å². The van der Waals surface area contributed by atoms with Crippen LogP contribution in [0.3, 0.4) is 0 Å². The Labute approximate surface area is 127 Å². The van der Waals surface area contributed by atoms with Crippen LogP contribution in [0.15, 0.2) is 11.4 Å². The van der Waals surface area contributed by atoms with Gasteiger partial charge >= 0.3 is 5.97 Å². The first-order valence-electron chi connectivity index (χ1n) is 6.65. The summed E-state index contributed by atoms with van der Waals surface area (Å²) in [7, 11) is 1.88. The fourth-order valence-corrected chi connectivity index (χ4v) is 2.75. The SMILES string of the molecule is Cc1nn(C)cc1Cn1c(SCC(=O)O)nnc1C(C)C. The number of carboxylic acid groups (broad SMARTS) is 1. The molecule has 0 aliphatic heterocycles. The van der Waals surface area contributed by atoms with Crippen LogP contribution in [0.1, 0.15) is 36.8 Å². The summed E-state index contributed by atoms with van der Waals surface area (Å²) in [5, 5.41) is 22.1. The van der Waals surface area contributed by atoms with E-state index >= 15 is 0 Å². The first kappa shape index (κ1) is 15.6. The molecule has 2 aromatic heterocycles. The normalized spacial score (nSPS) is 11.3. The average Bonchev–Trinajstić information content (AvgIpc) is 2.91. The van der Waals surface area contributed by atoms with Crippen molar-refractivity contribution in [2.24, 2.45) is 7.05 Å². The van der Waals surface area contributed by atoms with Gasteiger partial charge in [-0.05, 0) is 6.92 Å². The van der Waals surface area contributed by atoms with E-state index in [0.29, 0.717) is 11.7 Å². The van der Waals surface area contributed by atoms with Crippen LogP contribution in [0, 0.1) is 6.92 Å². The van der Waals surface area contributed by atoms with Gasteiger partial charge in [0.25, 0.3) is 0 Å². The fourth-order valence-electron chi connectivity index (χ4n) is 2.08. The van der Waals surface area contributed by atoms with Gasteiger partial charge in [0.15, 0.2) is 5.16 Å². The lowest BCUT2D eigenvalue weighted by Gasteiger charge is -2.11. The maximum absolute atomic E-state index is 10.7. The zero-order valence-corrected chi connectivity index (χ0v) is 13.4. The molecule has 114 valence electrons. The van der Waals surface area contributed by atoms with Gasteiger partial charge in [-0.15, -0.1) is 10.2 Å². The highest BCUT2D eigenvalue weighted by molar-refractivity contribution is 7.99. The smallest absolute Gasteiger partial charge is 0.313 e.